The molecule has 0 amide bonds. The van der Waals surface area contributed by atoms with Gasteiger partial charge >= 0.3 is 0 Å². The van der Waals surface area contributed by atoms with Gasteiger partial charge in [0.05, 0.1) is 0 Å². The number of hydrogen-bond acceptors (Lipinski definition) is 3. The molecular weight excluding hydrogens is 386 g/mol. The smallest absolute Gasteiger partial charge is 0.251 e. The topological polar surface area (TPSA) is 66.9 Å². The van der Waals surface area contributed by atoms with E-state index in [-0.39, 0.29) is 11.3 Å². The highest BCUT2D eigenvalue weighted by Gasteiger charge is 2.27. The summed E-state index contributed by atoms with van der Waals surface area (Å²) < 4.78 is 2.38. The summed E-state index contributed by atoms with van der Waals surface area (Å²) in [4.78, 5) is 28.7. The van der Waals surface area contributed by atoms with E-state index in [1.807, 2.05) is 26.0 Å². The van der Waals surface area contributed by atoms with Gasteiger partial charge in [-0.05, 0) is 83.7 Å². The minimum Gasteiger partial charge on any atom is -0.341 e. The highest BCUT2D eigenvalue weighted by Crippen LogP contribution is 2.35. The maximum absolute atomic E-state index is 13.4. The van der Waals surface area contributed by atoms with E-state index in [1.165, 1.54) is 0 Å². The third-order valence-electron chi connectivity index (χ3n) is 7.00. The lowest BCUT2D eigenvalue weighted by molar-refractivity contribution is 0.0983. The number of H-pyrrole nitrogens is 1. The number of pyridine rings is 1. The van der Waals surface area contributed by atoms with Gasteiger partial charge in [0, 0.05) is 45.9 Å². The molecule has 1 aromatic carbocycles. The highest BCUT2D eigenvalue weighted by molar-refractivity contribution is 6.09. The fourth-order valence-corrected chi connectivity index (χ4v) is 5.36. The van der Waals surface area contributed by atoms with Gasteiger partial charge < -0.3 is 14.9 Å². The Morgan fingerprint density at radius 2 is 1.87 bits per heavy atom. The van der Waals surface area contributed by atoms with Crippen LogP contribution in [0, 0.1) is 26.7 Å². The summed E-state index contributed by atoms with van der Waals surface area (Å²) in [6, 6.07) is 10.6. The average Bonchev–Trinajstić information content (AvgIpc) is 3.04. The number of carbonyl (C=O) groups excluding carboxylic acids is 1. The third-order valence-corrected chi connectivity index (χ3v) is 7.00. The van der Waals surface area contributed by atoms with Crippen molar-refractivity contribution in [2.75, 3.05) is 13.1 Å². The van der Waals surface area contributed by atoms with Crippen molar-refractivity contribution in [1.82, 2.24) is 14.9 Å². The Morgan fingerprint density at radius 1 is 1.16 bits per heavy atom. The summed E-state index contributed by atoms with van der Waals surface area (Å²) in [5.74, 6) is 0.719. The van der Waals surface area contributed by atoms with E-state index in [2.05, 4.69) is 46.9 Å². The zero-order chi connectivity index (χ0) is 22.1. The first-order valence-corrected chi connectivity index (χ1v) is 11.4. The maximum Gasteiger partial charge on any atom is 0.251 e. The number of hydrogen-bond donors (Lipinski definition) is 2. The molecule has 2 aromatic heterocycles. The zero-order valence-corrected chi connectivity index (χ0v) is 19.0. The molecule has 3 heterocycles. The van der Waals surface area contributed by atoms with Crippen molar-refractivity contribution in [3.05, 3.63) is 68.8 Å². The van der Waals surface area contributed by atoms with Gasteiger partial charge in [-0.1, -0.05) is 18.2 Å². The van der Waals surface area contributed by atoms with Crippen molar-refractivity contribution in [2.24, 2.45) is 5.92 Å². The first-order chi connectivity index (χ1) is 14.9. The van der Waals surface area contributed by atoms with E-state index in [4.69, 9.17) is 0 Å². The monoisotopic (exact) mass is 419 g/mol. The quantitative estimate of drug-likeness (QED) is 0.573. The molecular formula is C26H33N3O2. The molecule has 4 rings (SSSR count). The molecule has 3 aromatic rings. The summed E-state index contributed by atoms with van der Waals surface area (Å²) in [7, 11) is 0. The number of para-hydroxylation sites is 1. The lowest BCUT2D eigenvalue weighted by Gasteiger charge is -2.31. The fraction of sp³-hybridized carbons (Fsp3) is 0.462. The maximum atomic E-state index is 13.4. The molecule has 164 valence electrons. The number of aromatic amines is 1. The van der Waals surface area contributed by atoms with Crippen LogP contribution in [0.2, 0.25) is 0 Å². The summed E-state index contributed by atoms with van der Waals surface area (Å²) in [6.45, 7) is 10.3. The van der Waals surface area contributed by atoms with E-state index in [0.717, 1.165) is 59.3 Å². The first-order valence-electron chi connectivity index (χ1n) is 11.4. The Labute approximate surface area is 183 Å². The van der Waals surface area contributed by atoms with Crippen LogP contribution in [0.1, 0.15) is 65.1 Å². The minimum atomic E-state index is -0.0796. The van der Waals surface area contributed by atoms with E-state index in [1.54, 1.807) is 0 Å². The zero-order valence-electron chi connectivity index (χ0n) is 19.0. The lowest BCUT2D eigenvalue weighted by atomic mass is 9.91. The van der Waals surface area contributed by atoms with Crippen molar-refractivity contribution in [3.8, 4) is 0 Å². The first kappa shape index (κ1) is 21.6. The van der Waals surface area contributed by atoms with Crippen LogP contribution in [0.5, 0.6) is 0 Å². The van der Waals surface area contributed by atoms with Gasteiger partial charge in [-0.15, -0.1) is 0 Å². The molecule has 1 atom stereocenters. The normalized spacial score (nSPS) is 16.0. The Kier molecular flexibility index (Phi) is 6.15. The van der Waals surface area contributed by atoms with Crippen molar-refractivity contribution in [2.45, 2.75) is 59.4 Å². The van der Waals surface area contributed by atoms with E-state index in [0.29, 0.717) is 30.4 Å². The van der Waals surface area contributed by atoms with Crippen molar-refractivity contribution in [3.63, 3.8) is 0 Å². The number of carbonyl (C=O) groups is 1. The van der Waals surface area contributed by atoms with Gasteiger partial charge in [0.1, 0.15) is 0 Å². The number of benzene rings is 1. The van der Waals surface area contributed by atoms with E-state index >= 15 is 0 Å². The molecule has 5 nitrogen and oxygen atoms in total. The molecule has 1 aliphatic heterocycles. The number of fused-ring (bicyclic) bond motifs is 1. The van der Waals surface area contributed by atoms with Gasteiger partial charge in [-0.2, -0.15) is 0 Å². The second-order valence-corrected chi connectivity index (χ2v) is 9.04. The fourth-order valence-electron chi connectivity index (χ4n) is 5.36. The molecule has 1 aliphatic rings. The second kappa shape index (κ2) is 8.83. The molecule has 1 fully saturated rings. The Hall–Kier alpha value is -2.66. The van der Waals surface area contributed by atoms with E-state index < -0.39 is 0 Å². The molecule has 1 unspecified atom stereocenters. The number of nitrogens with zero attached hydrogens (tertiary/aromatic N) is 1. The van der Waals surface area contributed by atoms with Crippen molar-refractivity contribution < 1.29 is 4.79 Å². The Bertz CT molecular complexity index is 1170. The average molecular weight is 420 g/mol. The number of rotatable bonds is 6. The SMILES string of the molecule is Cc1cc(C)c(CCC(=O)c2c(C)n(C(C)C3CCNCC3)c3ccccc23)c(=O)[nH]1. The van der Waals surface area contributed by atoms with Crippen LogP contribution in [0.25, 0.3) is 10.9 Å². The largest absolute Gasteiger partial charge is 0.341 e. The van der Waals surface area contributed by atoms with Gasteiger partial charge in [-0.25, -0.2) is 0 Å². The number of Topliss-reactive ketones (excluding diaryl/α,β-unsaturated/α-hetero) is 1. The second-order valence-electron chi connectivity index (χ2n) is 9.04. The number of aryl methyl sites for hydroxylation is 2. The predicted octanol–water partition coefficient (Wildman–Crippen LogP) is 4.63. The van der Waals surface area contributed by atoms with Crippen molar-refractivity contribution in [1.29, 1.82) is 0 Å². The number of ketones is 1. The number of nitrogens with one attached hydrogen (secondary N) is 2. The predicted molar refractivity (Wildman–Crippen MR) is 126 cm³/mol. The lowest BCUT2D eigenvalue weighted by Crippen LogP contribution is -2.32. The summed E-state index contributed by atoms with van der Waals surface area (Å²) in [5, 5.41) is 4.48. The molecule has 2 N–H and O–H groups in total. The van der Waals surface area contributed by atoms with Crippen molar-refractivity contribution >= 4 is 16.7 Å². The molecule has 0 bridgehead atoms. The molecule has 1 saturated heterocycles. The van der Waals surface area contributed by atoms with Gasteiger partial charge in [0.25, 0.3) is 5.56 Å². The summed E-state index contributed by atoms with van der Waals surface area (Å²) in [5.41, 5.74) is 5.44. The molecule has 0 saturated carbocycles. The van der Waals surface area contributed by atoms with Gasteiger partial charge in [0.2, 0.25) is 0 Å². The minimum absolute atomic E-state index is 0.0796. The number of piperidine rings is 1. The molecule has 5 heteroatoms. The van der Waals surface area contributed by atoms with Crippen LogP contribution >= 0.6 is 0 Å². The Balaban J connectivity index is 1.67. The molecule has 0 radical (unpaired) electrons. The van der Waals surface area contributed by atoms with Crippen LogP contribution in [-0.2, 0) is 6.42 Å². The highest BCUT2D eigenvalue weighted by atomic mass is 16.1. The molecule has 0 aliphatic carbocycles. The van der Waals surface area contributed by atoms with Gasteiger partial charge in [0.15, 0.2) is 5.78 Å². The number of aromatic nitrogens is 2. The van der Waals surface area contributed by atoms with E-state index in [9.17, 15) is 9.59 Å². The van der Waals surface area contributed by atoms with Crippen LogP contribution in [0.3, 0.4) is 0 Å². The Morgan fingerprint density at radius 3 is 2.58 bits per heavy atom. The standard InChI is InChI=1S/C26H33N3O2/c1-16-15-17(2)28-26(31)21(16)9-10-24(30)25-19(4)29(23-8-6-5-7-22(23)25)18(3)20-11-13-27-14-12-20/h5-8,15,18,20,27H,9-14H2,1-4H3,(H,28,31). The summed E-state index contributed by atoms with van der Waals surface area (Å²) >= 11 is 0. The van der Waals surface area contributed by atoms with Crippen LogP contribution in [-0.4, -0.2) is 28.4 Å². The van der Waals surface area contributed by atoms with Crippen LogP contribution in [0.15, 0.2) is 35.1 Å². The summed E-state index contributed by atoms with van der Waals surface area (Å²) in [6.07, 6.45) is 3.12. The molecule has 0 spiro atoms. The van der Waals surface area contributed by atoms with Crippen LogP contribution in [0.4, 0.5) is 0 Å². The molecule has 31 heavy (non-hydrogen) atoms. The van der Waals surface area contributed by atoms with Gasteiger partial charge in [-0.3, -0.25) is 9.59 Å². The van der Waals surface area contributed by atoms with Crippen LogP contribution < -0.4 is 10.9 Å². The third kappa shape index (κ3) is 4.11.